The van der Waals surface area contributed by atoms with Crippen LogP contribution in [0.3, 0.4) is 0 Å². The van der Waals surface area contributed by atoms with E-state index in [9.17, 15) is 5.11 Å². The molecule has 8 bridgehead atoms. The Kier molecular flexibility index (Phi) is 3.74. The number of phenols is 1. The third kappa shape index (κ3) is 2.85. The van der Waals surface area contributed by atoms with Gasteiger partial charge in [0.2, 0.25) is 0 Å². The van der Waals surface area contributed by atoms with Crippen LogP contribution in [0.25, 0.3) is 0 Å². The maximum Gasteiger partial charge on any atom is 0.139 e. The summed E-state index contributed by atoms with van der Waals surface area (Å²) in [6.45, 7) is 17.3. The first kappa shape index (κ1) is 18.3. The quantitative estimate of drug-likeness (QED) is 0.680. The van der Waals surface area contributed by atoms with Crippen molar-refractivity contribution in [1.82, 2.24) is 29.4 Å². The fourth-order valence-electron chi connectivity index (χ4n) is 7.51. The van der Waals surface area contributed by atoms with Crippen molar-refractivity contribution in [2.75, 3.05) is 80.0 Å². The maximum absolute atomic E-state index is 11.4. The lowest BCUT2D eigenvalue weighted by Crippen LogP contribution is -2.78. The number of hydrogen-bond acceptors (Lipinski definition) is 7. The van der Waals surface area contributed by atoms with Gasteiger partial charge in [-0.25, -0.2) is 29.4 Å². The Labute approximate surface area is 178 Å². The van der Waals surface area contributed by atoms with Crippen LogP contribution in [-0.2, 0) is 13.1 Å². The molecule has 0 aromatic heterocycles. The van der Waals surface area contributed by atoms with E-state index in [0.29, 0.717) is 5.75 Å². The average Bonchev–Trinajstić information content (AvgIpc) is 2.62. The molecule has 162 valence electrons. The highest BCUT2D eigenvalue weighted by Crippen LogP contribution is 2.37. The van der Waals surface area contributed by atoms with Crippen LogP contribution < -0.4 is 0 Å². The van der Waals surface area contributed by atoms with Crippen LogP contribution >= 0.6 is 0 Å². The normalized spacial score (nSPS) is 47.9. The highest BCUT2D eigenvalue weighted by atomic mass is 16.3. The van der Waals surface area contributed by atoms with Crippen LogP contribution in [0.4, 0.5) is 0 Å². The highest BCUT2D eigenvalue weighted by molar-refractivity contribution is 5.43. The summed E-state index contributed by atoms with van der Waals surface area (Å²) in [6, 6.07) is 4.47. The monoisotopic (exact) mass is 414 g/mol. The Morgan fingerprint density at radius 2 is 0.933 bits per heavy atom. The molecule has 8 heterocycles. The molecule has 0 amide bonds. The van der Waals surface area contributed by atoms with Gasteiger partial charge in [-0.3, -0.25) is 8.97 Å². The Morgan fingerprint density at radius 3 is 1.23 bits per heavy atom. The van der Waals surface area contributed by atoms with Crippen molar-refractivity contribution in [3.8, 4) is 5.75 Å². The third-order valence-electron chi connectivity index (χ3n) is 7.82. The largest absolute Gasteiger partial charge is 0.507 e. The van der Waals surface area contributed by atoms with Crippen molar-refractivity contribution < 1.29 is 14.1 Å². The Bertz CT molecular complexity index is 750. The molecule has 9 heteroatoms. The lowest BCUT2D eigenvalue weighted by Gasteiger charge is -2.61. The minimum absolute atomic E-state index is 0.559. The molecule has 1 N–H and O–H groups in total. The van der Waals surface area contributed by atoms with Gasteiger partial charge in [-0.1, -0.05) is 0 Å². The van der Waals surface area contributed by atoms with Gasteiger partial charge in [-0.05, 0) is 24.6 Å². The van der Waals surface area contributed by atoms with Gasteiger partial charge in [-0.15, -0.1) is 0 Å². The van der Waals surface area contributed by atoms with Crippen molar-refractivity contribution in [3.05, 3.63) is 28.8 Å². The molecule has 0 aliphatic carbocycles. The van der Waals surface area contributed by atoms with Gasteiger partial charge in [0.25, 0.3) is 0 Å². The van der Waals surface area contributed by atoms with Crippen LogP contribution in [0, 0.1) is 6.92 Å². The average molecular weight is 415 g/mol. The third-order valence-corrected chi connectivity index (χ3v) is 7.82. The van der Waals surface area contributed by atoms with Crippen molar-refractivity contribution in [1.29, 1.82) is 0 Å². The van der Waals surface area contributed by atoms with Gasteiger partial charge in [-0.2, -0.15) is 0 Å². The number of benzene rings is 1. The van der Waals surface area contributed by atoms with Gasteiger partial charge >= 0.3 is 0 Å². The fraction of sp³-hybridized carbons (Fsp3) is 0.714. The van der Waals surface area contributed by atoms with Crippen LogP contribution in [0.2, 0.25) is 0 Å². The zero-order chi connectivity index (χ0) is 20.1. The number of aryl methyl sites for hydroxylation is 1. The fourth-order valence-corrected chi connectivity index (χ4v) is 7.51. The van der Waals surface area contributed by atoms with E-state index < -0.39 is 0 Å². The zero-order valence-electron chi connectivity index (χ0n) is 18.1. The van der Waals surface area contributed by atoms with E-state index in [1.807, 2.05) is 0 Å². The molecular weight excluding hydrogens is 380 g/mol. The summed E-state index contributed by atoms with van der Waals surface area (Å²) < 4.78 is 2.07. The molecule has 1 aromatic carbocycles. The number of quaternary nitrogens is 2. The minimum Gasteiger partial charge on any atom is -0.507 e. The van der Waals surface area contributed by atoms with Crippen molar-refractivity contribution in [2.45, 2.75) is 20.0 Å². The summed E-state index contributed by atoms with van der Waals surface area (Å²) in [5.74, 6) is 0.559. The van der Waals surface area contributed by atoms with Gasteiger partial charge < -0.3 is 5.11 Å². The lowest BCUT2D eigenvalue weighted by atomic mass is 10.0. The van der Waals surface area contributed by atoms with Gasteiger partial charge in [0.05, 0.1) is 40.0 Å². The van der Waals surface area contributed by atoms with Gasteiger partial charge in [0, 0.05) is 11.1 Å². The molecule has 0 radical (unpaired) electrons. The highest BCUT2D eigenvalue weighted by Gasteiger charge is 2.50. The van der Waals surface area contributed by atoms with E-state index in [4.69, 9.17) is 0 Å². The summed E-state index contributed by atoms with van der Waals surface area (Å²) in [4.78, 5) is 15.3. The minimum atomic E-state index is 0.559. The van der Waals surface area contributed by atoms with Crippen molar-refractivity contribution in [3.63, 3.8) is 0 Å². The second kappa shape index (κ2) is 6.14. The maximum atomic E-state index is 11.4. The molecule has 30 heavy (non-hydrogen) atoms. The van der Waals surface area contributed by atoms with Crippen LogP contribution in [0.5, 0.6) is 5.75 Å². The first-order valence-electron chi connectivity index (χ1n) is 11.3. The van der Waals surface area contributed by atoms with E-state index >= 15 is 0 Å². The SMILES string of the molecule is Cc1cc(C[N+]23CN4CN(CN(C4)C2)C3)c(O)c(C[N+]23CN4CN(CN(C4)C2)C3)c1. The first-order chi connectivity index (χ1) is 14.4. The second-order valence-electron chi connectivity index (χ2n) is 11.2. The van der Waals surface area contributed by atoms with E-state index in [-0.39, 0.29) is 0 Å². The number of phenolic OH excluding ortho intramolecular Hbond substituents is 1. The van der Waals surface area contributed by atoms with E-state index in [0.717, 1.165) is 113 Å². The number of aromatic hydroxyl groups is 1. The number of nitrogens with zero attached hydrogens (tertiary/aromatic N) is 8. The van der Waals surface area contributed by atoms with Crippen molar-refractivity contribution >= 4 is 0 Å². The molecule has 0 atom stereocenters. The number of hydrogen-bond donors (Lipinski definition) is 1. The molecule has 9 rings (SSSR count). The van der Waals surface area contributed by atoms with E-state index in [1.54, 1.807) is 0 Å². The Balaban J connectivity index is 1.18. The van der Waals surface area contributed by atoms with Gasteiger partial charge in [0.15, 0.2) is 0 Å². The Morgan fingerprint density at radius 1 is 0.633 bits per heavy atom. The lowest BCUT2D eigenvalue weighted by molar-refractivity contribution is -0.992. The van der Waals surface area contributed by atoms with E-state index in [1.165, 1.54) is 5.56 Å². The zero-order valence-corrected chi connectivity index (χ0v) is 18.1. The first-order valence-corrected chi connectivity index (χ1v) is 11.3. The Hall–Kier alpha value is -1.30. The summed E-state index contributed by atoms with van der Waals surface area (Å²) in [6.07, 6.45) is 0. The standard InChI is InChI=1S/C21H33N8O/c1-18-2-19(4-28-12-22-6-23(13-28)8-24(7-22)14-28)21(30)20(3-18)5-29-15-25-9-26(16-29)11-27(10-25)17-29/h2-3H,4-17H2,1H3/q+1/p+1. The summed E-state index contributed by atoms with van der Waals surface area (Å²) in [5.41, 5.74) is 3.57. The van der Waals surface area contributed by atoms with Crippen LogP contribution in [-0.4, -0.2) is 123 Å². The molecule has 8 aliphatic rings. The molecule has 0 saturated carbocycles. The second-order valence-corrected chi connectivity index (χ2v) is 11.2. The van der Waals surface area contributed by atoms with Crippen LogP contribution in [0.15, 0.2) is 12.1 Å². The van der Waals surface area contributed by atoms with Crippen LogP contribution in [0.1, 0.15) is 16.7 Å². The molecule has 8 aliphatic heterocycles. The predicted octanol–water partition coefficient (Wildman–Crippen LogP) is -0.282. The molecule has 0 unspecified atom stereocenters. The van der Waals surface area contributed by atoms with Crippen molar-refractivity contribution in [2.24, 2.45) is 0 Å². The summed E-state index contributed by atoms with van der Waals surface area (Å²) in [7, 11) is 0. The topological polar surface area (TPSA) is 39.7 Å². The summed E-state index contributed by atoms with van der Waals surface area (Å²) >= 11 is 0. The number of rotatable bonds is 4. The van der Waals surface area contributed by atoms with Gasteiger partial charge in [0.1, 0.15) is 58.9 Å². The smallest absolute Gasteiger partial charge is 0.139 e. The molecule has 9 nitrogen and oxygen atoms in total. The van der Waals surface area contributed by atoms with E-state index in [2.05, 4.69) is 48.5 Å². The molecule has 8 saturated heterocycles. The molecule has 1 aromatic rings. The molecule has 8 fully saturated rings. The summed E-state index contributed by atoms with van der Waals surface area (Å²) in [5, 5.41) is 11.4. The predicted molar refractivity (Wildman–Crippen MR) is 110 cm³/mol. The molecular formula is C21H34N8O+2. The molecule has 0 spiro atoms.